The fourth-order valence-electron chi connectivity index (χ4n) is 3.48. The summed E-state index contributed by atoms with van der Waals surface area (Å²) < 4.78 is 23.1. The number of aromatic nitrogens is 2. The summed E-state index contributed by atoms with van der Waals surface area (Å²) in [6, 6.07) is 1.86. The summed E-state index contributed by atoms with van der Waals surface area (Å²) in [4.78, 5) is 16.2. The first-order chi connectivity index (χ1) is 10.9. The van der Waals surface area contributed by atoms with Gasteiger partial charge in [0.2, 0.25) is 5.91 Å². The van der Waals surface area contributed by atoms with Gasteiger partial charge in [0, 0.05) is 30.9 Å². The zero-order chi connectivity index (χ0) is 16.4. The van der Waals surface area contributed by atoms with Crippen molar-refractivity contribution in [3.8, 4) is 0 Å². The van der Waals surface area contributed by atoms with Gasteiger partial charge in [-0.2, -0.15) is 5.10 Å². The van der Waals surface area contributed by atoms with Crippen LogP contribution in [-0.4, -0.2) is 78.6 Å². The molecule has 7 nitrogen and oxygen atoms in total. The van der Waals surface area contributed by atoms with Crippen LogP contribution in [0.2, 0.25) is 0 Å². The van der Waals surface area contributed by atoms with Crippen molar-refractivity contribution in [3.63, 3.8) is 0 Å². The number of likely N-dealkylation sites (tertiary alicyclic amines) is 1. The zero-order valence-electron chi connectivity index (χ0n) is 13.4. The molecule has 0 unspecified atom stereocenters. The Morgan fingerprint density at radius 2 is 2.13 bits per heavy atom. The monoisotopic (exact) mass is 340 g/mol. The van der Waals surface area contributed by atoms with E-state index in [4.69, 9.17) is 0 Å². The van der Waals surface area contributed by atoms with E-state index in [9.17, 15) is 13.2 Å². The van der Waals surface area contributed by atoms with E-state index in [1.165, 1.54) is 5.69 Å². The second kappa shape index (κ2) is 6.60. The quantitative estimate of drug-likeness (QED) is 0.848. The molecule has 2 aliphatic rings. The summed E-state index contributed by atoms with van der Waals surface area (Å²) in [5.41, 5.74) is 1.17. The molecule has 1 aromatic rings. The van der Waals surface area contributed by atoms with E-state index < -0.39 is 9.84 Å². The van der Waals surface area contributed by atoms with Gasteiger partial charge in [0.25, 0.3) is 0 Å². The highest BCUT2D eigenvalue weighted by Crippen LogP contribution is 2.26. The number of nitrogens with one attached hydrogen (secondary N) is 1. The number of carbonyl (C=O) groups excluding carboxylic acids is 1. The predicted octanol–water partition coefficient (Wildman–Crippen LogP) is 0.235. The third-order valence-corrected chi connectivity index (χ3v) is 6.81. The molecule has 1 aromatic heterocycles. The molecule has 0 radical (unpaired) electrons. The highest BCUT2D eigenvalue weighted by atomic mass is 32.2. The molecule has 0 spiro atoms. The Hall–Kier alpha value is -1.41. The Morgan fingerprint density at radius 3 is 2.70 bits per heavy atom. The van der Waals surface area contributed by atoms with Crippen LogP contribution in [0.15, 0.2) is 12.3 Å². The van der Waals surface area contributed by atoms with E-state index in [2.05, 4.69) is 15.1 Å². The second-order valence-corrected chi connectivity index (χ2v) is 8.85. The topological polar surface area (TPSA) is 86.4 Å². The molecule has 23 heavy (non-hydrogen) atoms. The van der Waals surface area contributed by atoms with E-state index in [1.54, 1.807) is 18.1 Å². The lowest BCUT2D eigenvalue weighted by molar-refractivity contribution is -0.133. The number of rotatable bonds is 4. The number of hydrogen-bond donors (Lipinski definition) is 1. The molecule has 1 amide bonds. The number of carbonyl (C=O) groups is 1. The molecule has 2 aliphatic heterocycles. The molecular weight excluding hydrogens is 316 g/mol. The molecule has 0 saturated carbocycles. The lowest BCUT2D eigenvalue weighted by Gasteiger charge is -2.33. The van der Waals surface area contributed by atoms with Crippen LogP contribution < -0.4 is 0 Å². The number of aromatic amines is 1. The summed E-state index contributed by atoms with van der Waals surface area (Å²) in [5, 5.41) is 7.02. The largest absolute Gasteiger partial charge is 0.341 e. The van der Waals surface area contributed by atoms with Gasteiger partial charge >= 0.3 is 0 Å². The van der Waals surface area contributed by atoms with Gasteiger partial charge in [-0.15, -0.1) is 0 Å². The van der Waals surface area contributed by atoms with Crippen LogP contribution >= 0.6 is 0 Å². The van der Waals surface area contributed by atoms with Crippen LogP contribution in [0.3, 0.4) is 0 Å². The molecule has 2 fully saturated rings. The van der Waals surface area contributed by atoms with Gasteiger partial charge in [-0.1, -0.05) is 0 Å². The molecule has 2 saturated heterocycles. The Balaban J connectivity index is 1.47. The van der Waals surface area contributed by atoms with Crippen molar-refractivity contribution in [2.45, 2.75) is 31.2 Å². The Morgan fingerprint density at radius 1 is 1.39 bits per heavy atom. The molecule has 0 bridgehead atoms. The zero-order valence-corrected chi connectivity index (χ0v) is 14.3. The van der Waals surface area contributed by atoms with Gasteiger partial charge < -0.3 is 4.90 Å². The highest BCUT2D eigenvalue weighted by molar-refractivity contribution is 7.91. The molecule has 0 aliphatic carbocycles. The number of sulfone groups is 1. The summed E-state index contributed by atoms with van der Waals surface area (Å²) >= 11 is 0. The number of amides is 1. The number of nitrogens with zero attached hydrogens (tertiary/aromatic N) is 3. The van der Waals surface area contributed by atoms with Crippen molar-refractivity contribution in [3.05, 3.63) is 18.0 Å². The van der Waals surface area contributed by atoms with Gasteiger partial charge in [0.1, 0.15) is 0 Å². The summed E-state index contributed by atoms with van der Waals surface area (Å²) in [7, 11) is -1.23. The van der Waals surface area contributed by atoms with Crippen LogP contribution in [0.4, 0.5) is 0 Å². The van der Waals surface area contributed by atoms with Gasteiger partial charge in [0.15, 0.2) is 9.84 Å². The second-order valence-electron chi connectivity index (χ2n) is 6.62. The fraction of sp³-hybridized carbons (Fsp3) is 0.733. The normalized spacial score (nSPS) is 25.5. The third-order valence-electron chi connectivity index (χ3n) is 5.06. The molecule has 128 valence electrons. The lowest BCUT2D eigenvalue weighted by Crippen LogP contribution is -2.45. The van der Waals surface area contributed by atoms with Crippen molar-refractivity contribution in [1.29, 1.82) is 0 Å². The molecule has 8 heteroatoms. The van der Waals surface area contributed by atoms with Crippen molar-refractivity contribution in [2.75, 3.05) is 38.2 Å². The van der Waals surface area contributed by atoms with Crippen molar-refractivity contribution >= 4 is 15.7 Å². The van der Waals surface area contributed by atoms with Gasteiger partial charge in [0.05, 0.1) is 18.1 Å². The van der Waals surface area contributed by atoms with E-state index in [1.807, 2.05) is 6.07 Å². The molecule has 1 atom stereocenters. The van der Waals surface area contributed by atoms with Crippen LogP contribution in [0.5, 0.6) is 0 Å². The van der Waals surface area contributed by atoms with E-state index in [0.29, 0.717) is 18.9 Å². The van der Waals surface area contributed by atoms with E-state index in [0.717, 1.165) is 25.9 Å². The van der Waals surface area contributed by atoms with Crippen molar-refractivity contribution in [1.82, 2.24) is 20.0 Å². The lowest BCUT2D eigenvalue weighted by atomic mass is 9.94. The third kappa shape index (κ3) is 3.92. The van der Waals surface area contributed by atoms with E-state index >= 15 is 0 Å². The minimum Gasteiger partial charge on any atom is -0.341 e. The first kappa shape index (κ1) is 16.4. The van der Waals surface area contributed by atoms with Crippen molar-refractivity contribution in [2.24, 2.45) is 0 Å². The summed E-state index contributed by atoms with van der Waals surface area (Å²) in [6.07, 6.45) is 4.36. The fourth-order valence-corrected chi connectivity index (χ4v) is 5.26. The maximum Gasteiger partial charge on any atom is 0.236 e. The van der Waals surface area contributed by atoms with E-state index in [-0.39, 0.29) is 23.5 Å². The number of likely N-dealkylation sites (N-methyl/N-ethyl adjacent to an activating group) is 1. The molecule has 1 N–H and O–H groups in total. The first-order valence-electron chi connectivity index (χ1n) is 8.12. The molecule has 3 rings (SSSR count). The SMILES string of the molecule is CN(C(=O)CN1CCC(c2ccn[nH]2)CC1)[C@H]1CCS(=O)(=O)C1. The average molecular weight is 340 g/mol. The van der Waals surface area contributed by atoms with Crippen LogP contribution in [0.1, 0.15) is 30.9 Å². The van der Waals surface area contributed by atoms with Crippen molar-refractivity contribution < 1.29 is 13.2 Å². The smallest absolute Gasteiger partial charge is 0.236 e. The summed E-state index contributed by atoms with van der Waals surface area (Å²) in [5.74, 6) is 0.816. The maximum absolute atomic E-state index is 12.4. The van der Waals surface area contributed by atoms with Gasteiger partial charge in [-0.3, -0.25) is 14.8 Å². The van der Waals surface area contributed by atoms with Crippen LogP contribution in [-0.2, 0) is 14.6 Å². The molecular formula is C15H24N4O3S. The maximum atomic E-state index is 12.4. The van der Waals surface area contributed by atoms with Gasteiger partial charge in [-0.05, 0) is 38.4 Å². The number of hydrogen-bond acceptors (Lipinski definition) is 5. The summed E-state index contributed by atoms with van der Waals surface area (Å²) in [6.45, 7) is 2.14. The number of piperidine rings is 1. The van der Waals surface area contributed by atoms with Crippen LogP contribution in [0, 0.1) is 0 Å². The average Bonchev–Trinajstić information content (AvgIpc) is 3.16. The minimum absolute atomic E-state index is 0.0205. The molecule has 0 aromatic carbocycles. The predicted molar refractivity (Wildman–Crippen MR) is 86.8 cm³/mol. The standard InChI is InChI=1S/C15H24N4O3S/c1-18(13-5-9-23(21,22)11-13)15(20)10-19-7-3-12(4-8-19)14-2-6-16-17-14/h2,6,12-13H,3-5,7-11H2,1H3,(H,16,17)/t13-/m0/s1. The Bertz CT molecular complexity index is 636. The molecule has 3 heterocycles. The highest BCUT2D eigenvalue weighted by Gasteiger charge is 2.33. The number of H-pyrrole nitrogens is 1. The minimum atomic E-state index is -2.96. The first-order valence-corrected chi connectivity index (χ1v) is 9.94. The van der Waals surface area contributed by atoms with Crippen LogP contribution in [0.25, 0.3) is 0 Å². The van der Waals surface area contributed by atoms with Gasteiger partial charge in [-0.25, -0.2) is 8.42 Å². The Labute approximate surface area is 137 Å². The Kier molecular flexibility index (Phi) is 4.72.